The summed E-state index contributed by atoms with van der Waals surface area (Å²) in [6.45, 7) is 5.21. The van der Waals surface area contributed by atoms with E-state index < -0.39 is 0 Å². The highest BCUT2D eigenvalue weighted by molar-refractivity contribution is 5.37. The van der Waals surface area contributed by atoms with Gasteiger partial charge in [0, 0.05) is 6.04 Å². The van der Waals surface area contributed by atoms with Gasteiger partial charge in [0.25, 0.3) is 0 Å². The van der Waals surface area contributed by atoms with Crippen LogP contribution in [0.2, 0.25) is 0 Å². The zero-order valence-corrected chi connectivity index (χ0v) is 9.99. The van der Waals surface area contributed by atoms with Crippen LogP contribution in [0.5, 0.6) is 0 Å². The van der Waals surface area contributed by atoms with Gasteiger partial charge in [-0.15, -0.1) is 0 Å². The number of hydrogen-bond donors (Lipinski definition) is 1. The van der Waals surface area contributed by atoms with Gasteiger partial charge < -0.3 is 10.1 Å². The average Bonchev–Trinajstić information content (AvgIpc) is 2.28. The Bertz CT molecular complexity index is 402. The summed E-state index contributed by atoms with van der Waals surface area (Å²) in [5.41, 5.74) is 4.32. The highest BCUT2D eigenvalue weighted by atomic mass is 16.5. The van der Waals surface area contributed by atoms with Crippen molar-refractivity contribution in [1.29, 1.82) is 0 Å². The molecule has 1 aromatic rings. The topological polar surface area (TPSA) is 21.3 Å². The third-order valence-corrected chi connectivity index (χ3v) is 3.73. The Kier molecular flexibility index (Phi) is 2.49. The Morgan fingerprint density at radius 2 is 2.25 bits per heavy atom. The first-order chi connectivity index (χ1) is 7.74. The molecule has 0 unspecified atom stereocenters. The van der Waals surface area contributed by atoms with Crippen LogP contribution in [-0.2, 0) is 11.2 Å². The summed E-state index contributed by atoms with van der Waals surface area (Å²) < 4.78 is 5.92. The van der Waals surface area contributed by atoms with Gasteiger partial charge in [0.2, 0.25) is 0 Å². The van der Waals surface area contributed by atoms with E-state index in [0.29, 0.717) is 18.2 Å². The molecule has 1 heterocycles. The fourth-order valence-electron chi connectivity index (χ4n) is 2.92. The Hall–Kier alpha value is -0.860. The maximum atomic E-state index is 5.92. The number of aryl methyl sites for hydroxylation is 2. The van der Waals surface area contributed by atoms with Crippen LogP contribution in [0.15, 0.2) is 18.2 Å². The van der Waals surface area contributed by atoms with E-state index in [1.54, 1.807) is 0 Å². The number of morpholine rings is 1. The molecule has 86 valence electrons. The minimum Gasteiger partial charge on any atom is -0.375 e. The highest BCUT2D eigenvalue weighted by Gasteiger charge is 2.34. The molecule has 1 fully saturated rings. The van der Waals surface area contributed by atoms with Crippen LogP contribution in [-0.4, -0.2) is 18.8 Å². The fourth-order valence-corrected chi connectivity index (χ4v) is 2.92. The maximum Gasteiger partial charge on any atom is 0.0773 e. The van der Waals surface area contributed by atoms with Gasteiger partial charge in [0.15, 0.2) is 0 Å². The van der Waals surface area contributed by atoms with Gasteiger partial charge in [-0.3, -0.25) is 0 Å². The average molecular weight is 217 g/mol. The van der Waals surface area contributed by atoms with E-state index >= 15 is 0 Å². The molecule has 1 aliphatic heterocycles. The van der Waals surface area contributed by atoms with Gasteiger partial charge in [-0.1, -0.05) is 23.8 Å². The third-order valence-electron chi connectivity index (χ3n) is 3.73. The molecular formula is C14H19NO. The molecule has 0 saturated carbocycles. The lowest BCUT2D eigenvalue weighted by Gasteiger charge is -2.40. The highest BCUT2D eigenvalue weighted by Crippen LogP contribution is 2.34. The number of nitrogens with one attached hydrogen (secondary N) is 1. The maximum absolute atomic E-state index is 5.92. The molecule has 0 aromatic heterocycles. The van der Waals surface area contributed by atoms with Crippen molar-refractivity contribution in [3.05, 3.63) is 34.9 Å². The van der Waals surface area contributed by atoms with Crippen molar-refractivity contribution in [1.82, 2.24) is 5.32 Å². The molecule has 16 heavy (non-hydrogen) atoms. The summed E-state index contributed by atoms with van der Waals surface area (Å²) in [6, 6.07) is 7.69. The quantitative estimate of drug-likeness (QED) is 0.720. The third kappa shape index (κ3) is 1.66. The molecule has 2 nitrogen and oxygen atoms in total. The van der Waals surface area contributed by atoms with Crippen LogP contribution >= 0.6 is 0 Å². The minimum atomic E-state index is 0.381. The summed E-state index contributed by atoms with van der Waals surface area (Å²) in [5, 5.41) is 3.67. The Morgan fingerprint density at radius 1 is 1.38 bits per heavy atom. The number of hydrogen-bond acceptors (Lipinski definition) is 2. The second kappa shape index (κ2) is 3.86. The van der Waals surface area contributed by atoms with Crippen molar-refractivity contribution < 1.29 is 4.74 Å². The molecular weight excluding hydrogens is 198 g/mol. The second-order valence-electron chi connectivity index (χ2n) is 5.16. The predicted molar refractivity (Wildman–Crippen MR) is 64.6 cm³/mol. The van der Waals surface area contributed by atoms with Crippen molar-refractivity contribution in [3.63, 3.8) is 0 Å². The standard InChI is InChI=1S/C14H19NO/c1-9-3-5-12-11(7-9)4-6-13-14(12)15-10(2)8-16-13/h3,5,7,10,13-15H,4,6,8H2,1-2H3/t10-,13-,14+/m1/s1. The molecule has 0 radical (unpaired) electrons. The summed E-state index contributed by atoms with van der Waals surface area (Å²) in [5.74, 6) is 0. The number of fused-ring (bicyclic) bond motifs is 3. The summed E-state index contributed by atoms with van der Waals surface area (Å²) in [4.78, 5) is 0. The summed E-state index contributed by atoms with van der Waals surface area (Å²) in [7, 11) is 0. The number of rotatable bonds is 0. The van der Waals surface area contributed by atoms with Gasteiger partial charge in [0.05, 0.1) is 18.8 Å². The molecule has 0 bridgehead atoms. The lowest BCUT2D eigenvalue weighted by molar-refractivity contribution is -0.0332. The lowest BCUT2D eigenvalue weighted by atomic mass is 9.83. The van der Waals surface area contributed by atoms with E-state index in [1.807, 2.05) is 0 Å². The smallest absolute Gasteiger partial charge is 0.0773 e. The van der Waals surface area contributed by atoms with Crippen molar-refractivity contribution >= 4 is 0 Å². The van der Waals surface area contributed by atoms with Gasteiger partial charge in [-0.05, 0) is 37.8 Å². The van der Waals surface area contributed by atoms with Gasteiger partial charge in [-0.25, -0.2) is 0 Å². The van der Waals surface area contributed by atoms with E-state index in [4.69, 9.17) is 4.74 Å². The minimum absolute atomic E-state index is 0.381. The van der Waals surface area contributed by atoms with E-state index in [9.17, 15) is 0 Å². The molecule has 0 spiro atoms. The number of ether oxygens (including phenoxy) is 1. The number of benzene rings is 1. The molecule has 2 heteroatoms. The monoisotopic (exact) mass is 217 g/mol. The SMILES string of the molecule is Cc1ccc2c(c1)CC[C@H]1OC[C@@H](C)N[C@@H]21. The normalized spacial score (nSPS) is 33.0. The molecule has 2 aliphatic rings. The van der Waals surface area contributed by atoms with Gasteiger partial charge >= 0.3 is 0 Å². The van der Waals surface area contributed by atoms with Crippen LogP contribution < -0.4 is 5.32 Å². The summed E-state index contributed by atoms with van der Waals surface area (Å²) in [6.07, 6.45) is 2.70. The first kappa shape index (κ1) is 10.3. The van der Waals surface area contributed by atoms with Crippen LogP contribution in [0.4, 0.5) is 0 Å². The van der Waals surface area contributed by atoms with E-state index in [-0.39, 0.29) is 0 Å². The van der Waals surface area contributed by atoms with E-state index in [0.717, 1.165) is 19.4 Å². The largest absolute Gasteiger partial charge is 0.375 e. The molecule has 1 aromatic carbocycles. The first-order valence-corrected chi connectivity index (χ1v) is 6.21. The summed E-state index contributed by atoms with van der Waals surface area (Å²) >= 11 is 0. The Balaban J connectivity index is 1.97. The molecule has 3 atom stereocenters. The van der Waals surface area contributed by atoms with Crippen molar-refractivity contribution in [2.24, 2.45) is 0 Å². The van der Waals surface area contributed by atoms with Crippen LogP contribution in [0.25, 0.3) is 0 Å². The molecule has 1 saturated heterocycles. The molecule has 3 rings (SSSR count). The molecule has 0 amide bonds. The Labute approximate surface area is 97.0 Å². The first-order valence-electron chi connectivity index (χ1n) is 6.21. The van der Waals surface area contributed by atoms with Gasteiger partial charge in [0.1, 0.15) is 0 Å². The van der Waals surface area contributed by atoms with Crippen molar-refractivity contribution in [2.45, 2.75) is 44.9 Å². The van der Waals surface area contributed by atoms with Crippen molar-refractivity contribution in [3.8, 4) is 0 Å². The van der Waals surface area contributed by atoms with Gasteiger partial charge in [-0.2, -0.15) is 0 Å². The van der Waals surface area contributed by atoms with Crippen LogP contribution in [0.1, 0.15) is 36.1 Å². The second-order valence-corrected chi connectivity index (χ2v) is 5.16. The lowest BCUT2D eigenvalue weighted by Crippen LogP contribution is -2.49. The predicted octanol–water partition coefficient (Wildman–Crippen LogP) is 2.36. The van der Waals surface area contributed by atoms with Crippen molar-refractivity contribution in [2.75, 3.05) is 6.61 Å². The molecule has 1 N–H and O–H groups in total. The van der Waals surface area contributed by atoms with E-state index in [2.05, 4.69) is 37.4 Å². The van der Waals surface area contributed by atoms with Crippen LogP contribution in [0, 0.1) is 6.92 Å². The van der Waals surface area contributed by atoms with E-state index in [1.165, 1.54) is 16.7 Å². The zero-order chi connectivity index (χ0) is 11.1. The fraction of sp³-hybridized carbons (Fsp3) is 0.571. The van der Waals surface area contributed by atoms with Crippen LogP contribution in [0.3, 0.4) is 0 Å². The molecule has 1 aliphatic carbocycles. The zero-order valence-electron chi connectivity index (χ0n) is 9.99. The Morgan fingerprint density at radius 3 is 3.12 bits per heavy atom.